The molecule has 6 heteroatoms. The number of hydrogen-bond donors (Lipinski definition) is 0. The molecule has 3 rings (SSSR count). The Morgan fingerprint density at radius 3 is 2.21 bits per heavy atom. The number of ether oxygens (including phenoxy) is 1. The Kier molecular flexibility index (Phi) is 3.81. The van der Waals surface area contributed by atoms with E-state index in [1.54, 1.807) is 0 Å². The first-order chi connectivity index (χ1) is 11.1. The van der Waals surface area contributed by atoms with E-state index in [4.69, 9.17) is 4.74 Å². The molecule has 0 spiro atoms. The first kappa shape index (κ1) is 16.7. The fraction of sp³-hybridized carbons (Fsp3) is 0.389. The van der Waals surface area contributed by atoms with Gasteiger partial charge in [0.2, 0.25) is 0 Å². The molecular weight excluding hydrogens is 322 g/mol. The molecule has 24 heavy (non-hydrogen) atoms. The number of aromatic nitrogens is 1. The fourth-order valence-electron chi connectivity index (χ4n) is 2.42. The van der Waals surface area contributed by atoms with Gasteiger partial charge in [0, 0.05) is 18.7 Å². The van der Waals surface area contributed by atoms with Gasteiger partial charge in [0.05, 0.1) is 11.6 Å². The van der Waals surface area contributed by atoms with Gasteiger partial charge in [0.25, 0.3) is 5.92 Å². The largest absolute Gasteiger partial charge is 0.451 e. The predicted octanol–water partition coefficient (Wildman–Crippen LogP) is 5.57. The van der Waals surface area contributed by atoms with E-state index in [0.29, 0.717) is 5.56 Å². The second kappa shape index (κ2) is 5.46. The Labute approximate surface area is 137 Å². The number of benzene rings is 1. The van der Waals surface area contributed by atoms with Crippen molar-refractivity contribution in [1.82, 2.24) is 4.98 Å². The summed E-state index contributed by atoms with van der Waals surface area (Å²) in [5.41, 5.74) is 0.240. The maximum absolute atomic E-state index is 14.2. The van der Waals surface area contributed by atoms with Crippen molar-refractivity contribution in [1.29, 1.82) is 0 Å². The third-order valence-corrected chi connectivity index (χ3v) is 4.02. The highest BCUT2D eigenvalue weighted by Gasteiger charge is 2.58. The summed E-state index contributed by atoms with van der Waals surface area (Å²) in [5, 5.41) is 0. The molecule has 1 saturated carbocycles. The molecule has 1 aromatic carbocycles. The third-order valence-electron chi connectivity index (χ3n) is 4.02. The molecular formula is C18H17F4NO. The van der Waals surface area contributed by atoms with Crippen LogP contribution in [0.2, 0.25) is 0 Å². The molecule has 1 aromatic heterocycles. The predicted molar refractivity (Wildman–Crippen MR) is 81.7 cm³/mol. The van der Waals surface area contributed by atoms with E-state index in [9.17, 15) is 17.6 Å². The van der Waals surface area contributed by atoms with E-state index in [-0.39, 0.29) is 17.9 Å². The van der Waals surface area contributed by atoms with Gasteiger partial charge < -0.3 is 4.74 Å². The summed E-state index contributed by atoms with van der Waals surface area (Å²) in [4.78, 5) is 3.88. The molecule has 2 nitrogen and oxygen atoms in total. The first-order valence-corrected chi connectivity index (χ1v) is 7.59. The highest BCUT2D eigenvalue weighted by Crippen LogP contribution is 2.55. The van der Waals surface area contributed by atoms with Crippen LogP contribution in [0.1, 0.15) is 44.4 Å². The fourth-order valence-corrected chi connectivity index (χ4v) is 2.42. The number of hydrogen-bond acceptors (Lipinski definition) is 2. The first-order valence-electron chi connectivity index (χ1n) is 7.59. The van der Waals surface area contributed by atoms with Gasteiger partial charge in [-0.15, -0.1) is 0 Å². The third kappa shape index (κ3) is 3.23. The van der Waals surface area contributed by atoms with Crippen molar-refractivity contribution in [3.05, 3.63) is 53.4 Å². The molecule has 0 radical (unpaired) electrons. The van der Waals surface area contributed by atoms with Gasteiger partial charge in [-0.2, -0.15) is 0 Å². The number of halogens is 4. The van der Waals surface area contributed by atoms with Crippen molar-refractivity contribution in [2.24, 2.45) is 0 Å². The second-order valence-electron chi connectivity index (χ2n) is 7.06. The molecule has 0 aliphatic heterocycles. The van der Waals surface area contributed by atoms with Crippen molar-refractivity contribution < 1.29 is 22.3 Å². The maximum atomic E-state index is 14.2. The van der Waals surface area contributed by atoms with E-state index in [1.807, 2.05) is 20.8 Å². The summed E-state index contributed by atoms with van der Waals surface area (Å²) in [6, 6.07) is 5.10. The van der Waals surface area contributed by atoms with Gasteiger partial charge in [-0.05, 0) is 29.2 Å². The van der Waals surface area contributed by atoms with E-state index >= 15 is 0 Å². The summed E-state index contributed by atoms with van der Waals surface area (Å²) in [7, 11) is 0. The summed E-state index contributed by atoms with van der Waals surface area (Å²) in [6.45, 7) is 5.52. The van der Waals surface area contributed by atoms with Crippen molar-refractivity contribution in [3.8, 4) is 11.5 Å². The number of rotatable bonds is 3. The zero-order valence-electron chi connectivity index (χ0n) is 13.5. The Balaban J connectivity index is 1.88. The van der Waals surface area contributed by atoms with Crippen LogP contribution in [0.3, 0.4) is 0 Å². The maximum Gasteiger partial charge on any atom is 0.257 e. The average Bonchev–Trinajstić information content (AvgIpc) is 3.11. The zero-order valence-corrected chi connectivity index (χ0v) is 13.5. The standard InChI is InChI=1S/C18H17F4NO/c1-17(2,3)10-6-13(19)16(14(20)7-10)24-11-4-5-23-15(8-11)12-9-18(12,21)22/h4-8,12H,9H2,1-3H3. The smallest absolute Gasteiger partial charge is 0.257 e. The lowest BCUT2D eigenvalue weighted by atomic mass is 9.87. The van der Waals surface area contributed by atoms with Gasteiger partial charge in [-0.25, -0.2) is 17.6 Å². The minimum atomic E-state index is -2.77. The molecule has 0 bridgehead atoms. The normalized spacial score (nSPS) is 19.2. The van der Waals surface area contributed by atoms with Crippen LogP contribution in [-0.4, -0.2) is 10.9 Å². The average molecular weight is 339 g/mol. The van der Waals surface area contributed by atoms with Crippen molar-refractivity contribution in [3.63, 3.8) is 0 Å². The second-order valence-corrected chi connectivity index (χ2v) is 7.06. The lowest BCUT2D eigenvalue weighted by Crippen LogP contribution is -2.12. The van der Waals surface area contributed by atoms with Crippen LogP contribution in [0.15, 0.2) is 30.5 Å². The van der Waals surface area contributed by atoms with E-state index < -0.39 is 34.6 Å². The van der Waals surface area contributed by atoms with Crippen LogP contribution < -0.4 is 4.74 Å². The summed E-state index contributed by atoms with van der Waals surface area (Å²) in [6.07, 6.45) is 1.02. The summed E-state index contributed by atoms with van der Waals surface area (Å²) < 4.78 is 59.9. The molecule has 1 unspecified atom stereocenters. The zero-order chi connectivity index (χ0) is 17.7. The molecule has 2 aromatic rings. The van der Waals surface area contributed by atoms with E-state index in [2.05, 4.69) is 4.98 Å². The highest BCUT2D eigenvalue weighted by molar-refractivity contribution is 5.39. The van der Waals surface area contributed by atoms with Crippen LogP contribution in [0, 0.1) is 11.6 Å². The Morgan fingerprint density at radius 1 is 1.12 bits per heavy atom. The van der Waals surface area contributed by atoms with Crippen LogP contribution in [0.4, 0.5) is 17.6 Å². The van der Waals surface area contributed by atoms with Gasteiger partial charge in [-0.3, -0.25) is 4.98 Å². The van der Waals surface area contributed by atoms with Crippen LogP contribution in [0.25, 0.3) is 0 Å². The monoisotopic (exact) mass is 339 g/mol. The molecule has 128 valence electrons. The van der Waals surface area contributed by atoms with Crippen LogP contribution in [-0.2, 0) is 5.41 Å². The van der Waals surface area contributed by atoms with Crippen molar-refractivity contribution in [2.75, 3.05) is 0 Å². The van der Waals surface area contributed by atoms with E-state index in [0.717, 1.165) is 0 Å². The van der Waals surface area contributed by atoms with Crippen molar-refractivity contribution >= 4 is 0 Å². The lowest BCUT2D eigenvalue weighted by molar-refractivity contribution is 0.111. The molecule has 1 aliphatic carbocycles. The quantitative estimate of drug-likeness (QED) is 0.682. The van der Waals surface area contributed by atoms with Gasteiger partial charge in [0.15, 0.2) is 17.4 Å². The summed E-state index contributed by atoms with van der Waals surface area (Å²) in [5.74, 6) is -5.88. The Bertz CT molecular complexity index is 760. The molecule has 1 fully saturated rings. The Morgan fingerprint density at radius 2 is 1.71 bits per heavy atom. The van der Waals surface area contributed by atoms with Crippen LogP contribution in [0.5, 0.6) is 11.5 Å². The van der Waals surface area contributed by atoms with Crippen molar-refractivity contribution in [2.45, 2.75) is 44.4 Å². The number of alkyl halides is 2. The molecule has 1 aliphatic rings. The minimum absolute atomic E-state index is 0.0732. The molecule has 1 atom stereocenters. The number of pyridine rings is 1. The number of nitrogens with zero attached hydrogens (tertiary/aromatic N) is 1. The molecule has 1 heterocycles. The lowest BCUT2D eigenvalue weighted by Gasteiger charge is -2.20. The topological polar surface area (TPSA) is 22.1 Å². The summed E-state index contributed by atoms with van der Waals surface area (Å²) >= 11 is 0. The van der Waals surface area contributed by atoms with E-state index in [1.165, 1.54) is 30.5 Å². The minimum Gasteiger partial charge on any atom is -0.451 e. The molecule has 0 saturated heterocycles. The highest BCUT2D eigenvalue weighted by atomic mass is 19.3. The van der Waals surface area contributed by atoms with Crippen LogP contribution >= 0.6 is 0 Å². The van der Waals surface area contributed by atoms with Gasteiger partial charge in [0.1, 0.15) is 5.75 Å². The Hall–Kier alpha value is -2.11. The molecule has 0 amide bonds. The SMILES string of the molecule is CC(C)(C)c1cc(F)c(Oc2ccnc(C3CC3(F)F)c2)c(F)c1. The van der Waals surface area contributed by atoms with Gasteiger partial charge in [-0.1, -0.05) is 20.8 Å². The van der Waals surface area contributed by atoms with Gasteiger partial charge >= 0.3 is 0 Å². The molecule has 0 N–H and O–H groups in total.